The van der Waals surface area contributed by atoms with Gasteiger partial charge in [-0.2, -0.15) is 0 Å². The molecule has 0 aromatic carbocycles. The van der Waals surface area contributed by atoms with E-state index in [4.69, 9.17) is 11.5 Å². The van der Waals surface area contributed by atoms with Crippen molar-refractivity contribution in [2.75, 3.05) is 13.1 Å². The van der Waals surface area contributed by atoms with Crippen molar-refractivity contribution < 1.29 is 0 Å². The summed E-state index contributed by atoms with van der Waals surface area (Å²) in [6.07, 6.45) is 2.45. The molecule has 0 amide bonds. The zero-order valence-corrected chi connectivity index (χ0v) is 8.00. The van der Waals surface area contributed by atoms with Crippen molar-refractivity contribution in [3.05, 3.63) is 0 Å². The normalized spacial score (nSPS) is 10.0. The molecule has 9 heavy (non-hydrogen) atoms. The summed E-state index contributed by atoms with van der Waals surface area (Å²) < 4.78 is 0. The minimum absolute atomic E-state index is 0.336. The quantitative estimate of drug-likeness (QED) is 0.463. The van der Waals surface area contributed by atoms with E-state index in [1.807, 2.05) is 0 Å². The van der Waals surface area contributed by atoms with Gasteiger partial charge in [-0.05, 0) is 0 Å². The summed E-state index contributed by atoms with van der Waals surface area (Å²) in [5.74, 6) is 0. The summed E-state index contributed by atoms with van der Waals surface area (Å²) >= 11 is 0.336. The van der Waals surface area contributed by atoms with Gasteiger partial charge in [-0.1, -0.05) is 0 Å². The van der Waals surface area contributed by atoms with Crippen LogP contribution in [0.1, 0.15) is 12.8 Å². The van der Waals surface area contributed by atoms with Crippen molar-refractivity contribution in [3.63, 3.8) is 0 Å². The Hall–Kier alpha value is 0.463. The third-order valence-corrected chi connectivity index (χ3v) is 4.08. The Balaban J connectivity index is 2.60. The van der Waals surface area contributed by atoms with Crippen molar-refractivity contribution >= 4 is 15.4 Å². The summed E-state index contributed by atoms with van der Waals surface area (Å²) in [5.41, 5.74) is 10.7. The van der Waals surface area contributed by atoms with Crippen molar-refractivity contribution in [3.8, 4) is 0 Å². The third-order valence-electron chi connectivity index (χ3n) is 1.12. The fourth-order valence-corrected chi connectivity index (χ4v) is 3.01. The van der Waals surface area contributed by atoms with Crippen LogP contribution in [0.3, 0.4) is 0 Å². The monoisotopic (exact) mass is 190 g/mol. The van der Waals surface area contributed by atoms with Gasteiger partial charge in [-0.25, -0.2) is 0 Å². The summed E-state index contributed by atoms with van der Waals surface area (Å²) in [7, 11) is 0. The molecule has 3 heteroatoms. The van der Waals surface area contributed by atoms with Gasteiger partial charge in [0.1, 0.15) is 0 Å². The van der Waals surface area contributed by atoms with Gasteiger partial charge in [-0.15, -0.1) is 0 Å². The predicted octanol–water partition coefficient (Wildman–Crippen LogP) is 0.225. The second-order valence-corrected chi connectivity index (χ2v) is 5.18. The summed E-state index contributed by atoms with van der Waals surface area (Å²) in [6.45, 7) is 1.73. The van der Waals surface area contributed by atoms with Gasteiger partial charge < -0.3 is 0 Å². The summed E-state index contributed by atoms with van der Waals surface area (Å²) in [5, 5.41) is 2.80. The average molecular weight is 189 g/mol. The van der Waals surface area contributed by atoms with Crippen LogP contribution < -0.4 is 11.5 Å². The van der Waals surface area contributed by atoms with E-state index in [0.29, 0.717) is 15.4 Å². The van der Waals surface area contributed by atoms with Gasteiger partial charge in [0.15, 0.2) is 0 Å². The molecular weight excluding hydrogens is 173 g/mol. The molecule has 0 fully saturated rings. The Morgan fingerprint density at radius 3 is 1.67 bits per heavy atom. The van der Waals surface area contributed by atoms with E-state index in [-0.39, 0.29) is 0 Å². The fourth-order valence-electron chi connectivity index (χ4n) is 0.579. The number of hydrogen-bond acceptors (Lipinski definition) is 2. The summed E-state index contributed by atoms with van der Waals surface area (Å²) in [6, 6.07) is 0. The first kappa shape index (κ1) is 9.46. The molecule has 0 saturated heterocycles. The van der Waals surface area contributed by atoms with Crippen LogP contribution in [0, 0.1) is 0 Å². The molecule has 0 saturated carbocycles. The van der Waals surface area contributed by atoms with Crippen LogP contribution in [0.25, 0.3) is 0 Å². The Morgan fingerprint density at radius 1 is 0.889 bits per heavy atom. The second-order valence-electron chi connectivity index (χ2n) is 2.03. The molecule has 0 rings (SSSR count). The second kappa shape index (κ2) is 8.46. The van der Waals surface area contributed by atoms with Crippen molar-refractivity contribution in [2.45, 2.75) is 23.3 Å². The first-order chi connectivity index (χ1) is 4.41. The molecule has 0 atom stereocenters. The van der Waals surface area contributed by atoms with Crippen LogP contribution in [0.5, 0.6) is 0 Å². The molecule has 2 radical (unpaired) electrons. The third kappa shape index (κ3) is 8.46. The topological polar surface area (TPSA) is 52.0 Å². The Bertz CT molecular complexity index is 44.3. The predicted molar refractivity (Wildman–Crippen MR) is 42.7 cm³/mol. The van der Waals surface area contributed by atoms with Crippen molar-refractivity contribution in [2.24, 2.45) is 11.5 Å². The first-order valence-electron chi connectivity index (χ1n) is 3.52. The maximum atomic E-state index is 5.34. The van der Waals surface area contributed by atoms with E-state index in [0.717, 1.165) is 13.1 Å². The van der Waals surface area contributed by atoms with Crippen LogP contribution in [0.4, 0.5) is 0 Å². The first-order valence-corrected chi connectivity index (χ1v) is 6.49. The van der Waals surface area contributed by atoms with Gasteiger partial charge in [0.2, 0.25) is 0 Å². The standard InChI is InChI=1S/C6H16GeN2/c8-5-1-3-7-4-2-6-9/h1-6,8-9H2. The molecule has 0 heterocycles. The molecule has 0 unspecified atom stereocenters. The molecule has 2 nitrogen and oxygen atoms in total. The SMILES string of the molecule is NCC[CH2][Ge][CH2]CCN. The maximum absolute atomic E-state index is 5.34. The zero-order valence-electron chi connectivity index (χ0n) is 5.90. The molecule has 0 aromatic rings. The van der Waals surface area contributed by atoms with E-state index in [1.165, 1.54) is 23.3 Å². The number of nitrogens with two attached hydrogens (primary N) is 2. The molecule has 0 aliphatic rings. The fraction of sp³-hybridized carbons (Fsp3) is 1.00. The van der Waals surface area contributed by atoms with Gasteiger partial charge >= 0.3 is 63.3 Å². The molecule has 4 N–H and O–H groups in total. The van der Waals surface area contributed by atoms with Crippen molar-refractivity contribution in [1.82, 2.24) is 0 Å². The Kier molecular flexibility index (Phi) is 8.90. The van der Waals surface area contributed by atoms with Gasteiger partial charge in [0.25, 0.3) is 0 Å². The Morgan fingerprint density at radius 2 is 1.33 bits per heavy atom. The number of hydrogen-bond donors (Lipinski definition) is 2. The van der Waals surface area contributed by atoms with Crippen LogP contribution in [-0.4, -0.2) is 28.5 Å². The van der Waals surface area contributed by atoms with E-state index >= 15 is 0 Å². The zero-order chi connectivity index (χ0) is 6.95. The van der Waals surface area contributed by atoms with E-state index in [9.17, 15) is 0 Å². The van der Waals surface area contributed by atoms with Crippen LogP contribution in [0.15, 0.2) is 0 Å². The van der Waals surface area contributed by atoms with Crippen LogP contribution in [-0.2, 0) is 0 Å². The minimum atomic E-state index is 0.336. The van der Waals surface area contributed by atoms with E-state index < -0.39 is 0 Å². The van der Waals surface area contributed by atoms with Crippen LogP contribution >= 0.6 is 0 Å². The average Bonchev–Trinajstić information content (AvgIpc) is 1.89. The molecule has 0 bridgehead atoms. The Labute approximate surface area is 63.8 Å². The molecule has 0 aromatic heterocycles. The van der Waals surface area contributed by atoms with Crippen molar-refractivity contribution in [1.29, 1.82) is 0 Å². The van der Waals surface area contributed by atoms with Crippen LogP contribution in [0.2, 0.25) is 10.5 Å². The molecular formula is C6H16GeN2. The molecule has 0 spiro atoms. The molecule has 0 aliphatic carbocycles. The molecule has 54 valence electrons. The van der Waals surface area contributed by atoms with Gasteiger partial charge in [0.05, 0.1) is 0 Å². The number of rotatable bonds is 6. The van der Waals surface area contributed by atoms with Gasteiger partial charge in [0, 0.05) is 0 Å². The van der Waals surface area contributed by atoms with E-state index in [2.05, 4.69) is 0 Å². The van der Waals surface area contributed by atoms with E-state index in [1.54, 1.807) is 0 Å². The summed E-state index contributed by atoms with van der Waals surface area (Å²) in [4.78, 5) is 0. The van der Waals surface area contributed by atoms with Gasteiger partial charge in [-0.3, -0.25) is 0 Å². The molecule has 0 aliphatic heterocycles.